The molecule has 6 heteroatoms. The summed E-state index contributed by atoms with van der Waals surface area (Å²) in [6.45, 7) is 0.369. The normalized spacial score (nSPS) is 10.3. The zero-order valence-electron chi connectivity index (χ0n) is 10.2. The first-order valence-electron chi connectivity index (χ1n) is 5.89. The maximum absolute atomic E-state index is 12.0. The first kappa shape index (κ1) is 13.4. The van der Waals surface area contributed by atoms with Crippen LogP contribution in [0.15, 0.2) is 36.0 Å². The van der Waals surface area contributed by atoms with Gasteiger partial charge in [-0.1, -0.05) is 0 Å². The number of thiophene rings is 1. The number of carbonyl (C=O) groups is 2. The second-order valence-electron chi connectivity index (χ2n) is 3.98. The number of carbonyl (C=O) groups excluding carboxylic acids is 1. The number of carboxylic acids is 1. The van der Waals surface area contributed by atoms with Crippen LogP contribution in [-0.4, -0.2) is 28.1 Å². The van der Waals surface area contributed by atoms with Gasteiger partial charge in [-0.05, 0) is 30.0 Å². The van der Waals surface area contributed by atoms with Crippen LogP contribution in [0, 0.1) is 0 Å². The Balaban J connectivity index is 1.97. The van der Waals surface area contributed by atoms with E-state index in [4.69, 9.17) is 5.11 Å². The monoisotopic (exact) mass is 278 g/mol. The highest BCUT2D eigenvalue weighted by atomic mass is 32.1. The summed E-state index contributed by atoms with van der Waals surface area (Å²) in [4.78, 5) is 23.0. The van der Waals surface area contributed by atoms with Crippen molar-refractivity contribution in [2.24, 2.45) is 0 Å². The molecule has 0 unspecified atom stereocenters. The molecule has 2 heterocycles. The van der Waals surface area contributed by atoms with Gasteiger partial charge in [0.1, 0.15) is 4.88 Å². The quantitative estimate of drug-likeness (QED) is 0.795. The van der Waals surface area contributed by atoms with E-state index in [1.807, 2.05) is 40.5 Å². The molecule has 0 atom stereocenters. The van der Waals surface area contributed by atoms with Crippen molar-refractivity contribution in [1.29, 1.82) is 0 Å². The molecule has 100 valence electrons. The van der Waals surface area contributed by atoms with Gasteiger partial charge >= 0.3 is 5.97 Å². The predicted octanol–water partition coefficient (Wildman–Crippen LogP) is 2.13. The van der Waals surface area contributed by atoms with E-state index in [1.54, 1.807) is 0 Å². The number of aliphatic carboxylic acids is 1. The van der Waals surface area contributed by atoms with Gasteiger partial charge in [-0.15, -0.1) is 11.3 Å². The van der Waals surface area contributed by atoms with Crippen LogP contribution < -0.4 is 5.32 Å². The Morgan fingerprint density at radius 2 is 2.05 bits per heavy atom. The van der Waals surface area contributed by atoms with Crippen LogP contribution in [0.2, 0.25) is 0 Å². The number of amides is 1. The van der Waals surface area contributed by atoms with Crippen molar-refractivity contribution >= 4 is 23.2 Å². The lowest BCUT2D eigenvalue weighted by molar-refractivity contribution is -0.137. The molecule has 2 N–H and O–H groups in total. The molecular weight excluding hydrogens is 264 g/mol. The summed E-state index contributed by atoms with van der Waals surface area (Å²) >= 11 is 1.37. The van der Waals surface area contributed by atoms with Gasteiger partial charge in [0.05, 0.1) is 5.69 Å². The SMILES string of the molecule is O=C(O)CCCNC(=O)c1sccc1-n1cccc1. The maximum Gasteiger partial charge on any atom is 0.303 e. The lowest BCUT2D eigenvalue weighted by Crippen LogP contribution is -2.25. The van der Waals surface area contributed by atoms with Gasteiger partial charge in [-0.25, -0.2) is 0 Å². The first-order chi connectivity index (χ1) is 9.18. The summed E-state index contributed by atoms with van der Waals surface area (Å²) in [5, 5.41) is 13.1. The molecule has 0 saturated heterocycles. The minimum Gasteiger partial charge on any atom is -0.481 e. The molecule has 19 heavy (non-hydrogen) atoms. The van der Waals surface area contributed by atoms with E-state index in [0.29, 0.717) is 17.8 Å². The number of aromatic nitrogens is 1. The van der Waals surface area contributed by atoms with E-state index in [1.165, 1.54) is 11.3 Å². The summed E-state index contributed by atoms with van der Waals surface area (Å²) in [6, 6.07) is 5.68. The van der Waals surface area contributed by atoms with Crippen molar-refractivity contribution in [1.82, 2.24) is 9.88 Å². The lowest BCUT2D eigenvalue weighted by atomic mass is 10.3. The Hall–Kier alpha value is -2.08. The number of rotatable bonds is 6. The molecule has 0 spiro atoms. The van der Waals surface area contributed by atoms with E-state index >= 15 is 0 Å². The van der Waals surface area contributed by atoms with Crippen LogP contribution in [-0.2, 0) is 4.79 Å². The summed E-state index contributed by atoms with van der Waals surface area (Å²) in [7, 11) is 0. The Morgan fingerprint density at radius 1 is 1.32 bits per heavy atom. The number of hydrogen-bond acceptors (Lipinski definition) is 3. The highest BCUT2D eigenvalue weighted by Crippen LogP contribution is 2.21. The molecule has 0 fully saturated rings. The van der Waals surface area contributed by atoms with E-state index < -0.39 is 5.97 Å². The van der Waals surface area contributed by atoms with Gasteiger partial charge in [0.2, 0.25) is 0 Å². The van der Waals surface area contributed by atoms with Gasteiger partial charge in [0, 0.05) is 25.4 Å². The molecule has 0 aromatic carbocycles. The van der Waals surface area contributed by atoms with Crippen molar-refractivity contribution in [3.05, 3.63) is 40.8 Å². The third kappa shape index (κ3) is 3.45. The van der Waals surface area contributed by atoms with Gasteiger partial charge in [-0.3, -0.25) is 9.59 Å². The molecule has 5 nitrogen and oxygen atoms in total. The second-order valence-corrected chi connectivity index (χ2v) is 4.89. The topological polar surface area (TPSA) is 71.3 Å². The van der Waals surface area contributed by atoms with Gasteiger partial charge < -0.3 is 15.0 Å². The Bertz CT molecular complexity index is 560. The molecule has 0 aliphatic carbocycles. The van der Waals surface area contributed by atoms with Gasteiger partial charge in [0.25, 0.3) is 5.91 Å². The standard InChI is InChI=1S/C13H14N2O3S/c16-11(17)4-3-6-14-13(18)12-10(5-9-19-12)15-7-1-2-8-15/h1-2,5,7-9H,3-4,6H2,(H,14,18)(H,16,17). The molecule has 0 aliphatic heterocycles. The van der Waals surface area contributed by atoms with Gasteiger partial charge in [-0.2, -0.15) is 0 Å². The van der Waals surface area contributed by atoms with Crippen LogP contribution in [0.4, 0.5) is 0 Å². The molecule has 0 saturated carbocycles. The fraction of sp³-hybridized carbons (Fsp3) is 0.231. The molecular formula is C13H14N2O3S. The molecule has 0 bridgehead atoms. The molecule has 0 radical (unpaired) electrons. The van der Waals surface area contributed by atoms with E-state index in [0.717, 1.165) is 5.69 Å². The third-order valence-electron chi connectivity index (χ3n) is 2.59. The van der Waals surface area contributed by atoms with Crippen LogP contribution in [0.3, 0.4) is 0 Å². The first-order valence-corrected chi connectivity index (χ1v) is 6.77. The summed E-state index contributed by atoms with van der Waals surface area (Å²) in [6.07, 6.45) is 4.26. The van der Waals surface area contributed by atoms with Gasteiger partial charge in [0.15, 0.2) is 0 Å². The highest BCUT2D eigenvalue weighted by Gasteiger charge is 2.13. The maximum atomic E-state index is 12.0. The summed E-state index contributed by atoms with van der Waals surface area (Å²) in [5.74, 6) is -1.01. The van der Waals surface area contributed by atoms with Crippen LogP contribution in [0.1, 0.15) is 22.5 Å². The minimum atomic E-state index is -0.849. The fourth-order valence-corrected chi connectivity index (χ4v) is 2.50. The lowest BCUT2D eigenvalue weighted by Gasteiger charge is -2.06. The average Bonchev–Trinajstić information content (AvgIpc) is 3.02. The fourth-order valence-electron chi connectivity index (χ4n) is 1.69. The zero-order chi connectivity index (χ0) is 13.7. The molecule has 0 aliphatic rings. The smallest absolute Gasteiger partial charge is 0.303 e. The van der Waals surface area contributed by atoms with Crippen LogP contribution in [0.25, 0.3) is 5.69 Å². The Labute approximate surface area is 114 Å². The average molecular weight is 278 g/mol. The molecule has 2 aromatic rings. The van der Waals surface area contributed by atoms with Crippen molar-refractivity contribution in [3.8, 4) is 5.69 Å². The van der Waals surface area contributed by atoms with E-state index in [-0.39, 0.29) is 12.3 Å². The third-order valence-corrected chi connectivity index (χ3v) is 3.49. The van der Waals surface area contributed by atoms with Crippen molar-refractivity contribution in [2.75, 3.05) is 6.54 Å². The van der Waals surface area contributed by atoms with Crippen LogP contribution >= 0.6 is 11.3 Å². The Kier molecular flexibility index (Phi) is 4.35. The summed E-state index contributed by atoms with van der Waals surface area (Å²) in [5.41, 5.74) is 0.839. The van der Waals surface area contributed by atoms with E-state index in [9.17, 15) is 9.59 Å². The Morgan fingerprint density at radius 3 is 2.74 bits per heavy atom. The predicted molar refractivity (Wildman–Crippen MR) is 72.8 cm³/mol. The molecule has 2 aromatic heterocycles. The zero-order valence-corrected chi connectivity index (χ0v) is 11.0. The number of nitrogens with one attached hydrogen (secondary N) is 1. The highest BCUT2D eigenvalue weighted by molar-refractivity contribution is 7.12. The molecule has 2 rings (SSSR count). The number of carboxylic acid groups (broad SMARTS) is 1. The largest absolute Gasteiger partial charge is 0.481 e. The van der Waals surface area contributed by atoms with Crippen molar-refractivity contribution < 1.29 is 14.7 Å². The molecule has 1 amide bonds. The van der Waals surface area contributed by atoms with Crippen molar-refractivity contribution in [3.63, 3.8) is 0 Å². The second kappa shape index (κ2) is 6.19. The summed E-state index contributed by atoms with van der Waals surface area (Å²) < 4.78 is 1.88. The van der Waals surface area contributed by atoms with Crippen molar-refractivity contribution in [2.45, 2.75) is 12.8 Å². The number of hydrogen-bond donors (Lipinski definition) is 2. The van der Waals surface area contributed by atoms with Crippen LogP contribution in [0.5, 0.6) is 0 Å². The van der Waals surface area contributed by atoms with E-state index in [2.05, 4.69) is 5.32 Å². The minimum absolute atomic E-state index is 0.0647. The number of nitrogens with zero attached hydrogens (tertiary/aromatic N) is 1.